The van der Waals surface area contributed by atoms with Gasteiger partial charge < -0.3 is 5.32 Å². The van der Waals surface area contributed by atoms with Crippen LogP contribution in [-0.4, -0.2) is 34.2 Å². The lowest BCUT2D eigenvalue weighted by molar-refractivity contribution is -0.130. The molecule has 1 aromatic carbocycles. The molecule has 3 rings (SSSR count). The molecular formula is C17H16FN3O2S2. The van der Waals surface area contributed by atoms with Crippen molar-refractivity contribution in [3.8, 4) is 0 Å². The van der Waals surface area contributed by atoms with Crippen molar-refractivity contribution in [3.63, 3.8) is 0 Å². The molecule has 0 radical (unpaired) electrons. The average Bonchev–Trinajstić information content (AvgIpc) is 3.12. The maximum Gasteiger partial charge on any atom is 0.233 e. The van der Waals surface area contributed by atoms with E-state index < -0.39 is 5.25 Å². The molecule has 0 bridgehead atoms. The van der Waals surface area contributed by atoms with Crippen LogP contribution in [0.4, 0.5) is 10.1 Å². The Kier molecular flexibility index (Phi) is 5.50. The molecule has 130 valence electrons. The maximum atomic E-state index is 13.1. The molecule has 1 atom stereocenters. The lowest BCUT2D eigenvalue weighted by atomic mass is 10.2. The van der Waals surface area contributed by atoms with Crippen LogP contribution in [0, 0.1) is 5.82 Å². The van der Waals surface area contributed by atoms with Crippen molar-refractivity contribution in [1.29, 1.82) is 0 Å². The lowest BCUT2D eigenvalue weighted by Crippen LogP contribution is -2.45. The summed E-state index contributed by atoms with van der Waals surface area (Å²) >= 11 is 2.80. The first-order valence-corrected chi connectivity index (χ1v) is 9.38. The predicted octanol–water partition coefficient (Wildman–Crippen LogP) is 3.16. The van der Waals surface area contributed by atoms with E-state index in [1.54, 1.807) is 35.4 Å². The smallest absolute Gasteiger partial charge is 0.233 e. The minimum atomic E-state index is -0.517. The monoisotopic (exact) mass is 377 g/mol. The fourth-order valence-corrected chi connectivity index (χ4v) is 4.19. The summed E-state index contributed by atoms with van der Waals surface area (Å²) in [6.07, 6.45) is 0.123. The summed E-state index contributed by atoms with van der Waals surface area (Å²) in [7, 11) is 1.54. The molecule has 1 saturated heterocycles. The normalized spacial score (nSPS) is 19.3. The molecule has 1 N–H and O–H groups in total. The summed E-state index contributed by atoms with van der Waals surface area (Å²) in [5.74, 6) is -0.711. The van der Waals surface area contributed by atoms with Crippen molar-refractivity contribution in [1.82, 2.24) is 10.2 Å². The van der Waals surface area contributed by atoms with Gasteiger partial charge in [-0.05, 0) is 35.7 Å². The van der Waals surface area contributed by atoms with Crippen LogP contribution in [-0.2, 0) is 16.1 Å². The molecule has 1 aromatic heterocycles. The number of carbonyl (C=O) groups excluding carboxylic acids is 2. The van der Waals surface area contributed by atoms with Crippen LogP contribution >= 0.6 is 23.1 Å². The van der Waals surface area contributed by atoms with E-state index in [1.807, 2.05) is 17.5 Å². The second-order valence-electron chi connectivity index (χ2n) is 5.35. The molecule has 2 aromatic rings. The highest BCUT2D eigenvalue weighted by molar-refractivity contribution is 8.15. The van der Waals surface area contributed by atoms with Crippen molar-refractivity contribution in [2.75, 3.05) is 7.05 Å². The van der Waals surface area contributed by atoms with Crippen LogP contribution in [0.2, 0.25) is 0 Å². The van der Waals surface area contributed by atoms with Gasteiger partial charge in [0, 0.05) is 18.3 Å². The number of amidine groups is 1. The second-order valence-corrected chi connectivity index (χ2v) is 7.56. The van der Waals surface area contributed by atoms with Gasteiger partial charge in [-0.25, -0.2) is 9.38 Å². The van der Waals surface area contributed by atoms with E-state index >= 15 is 0 Å². The van der Waals surface area contributed by atoms with Crippen LogP contribution in [0.1, 0.15) is 11.3 Å². The third-order valence-electron chi connectivity index (χ3n) is 3.62. The van der Waals surface area contributed by atoms with Gasteiger partial charge in [0.2, 0.25) is 11.8 Å². The van der Waals surface area contributed by atoms with Gasteiger partial charge in [0.15, 0.2) is 5.17 Å². The third-order valence-corrected chi connectivity index (χ3v) is 5.67. The molecule has 1 aliphatic heterocycles. The molecule has 5 nitrogen and oxygen atoms in total. The van der Waals surface area contributed by atoms with Crippen LogP contribution < -0.4 is 5.32 Å². The van der Waals surface area contributed by atoms with Crippen molar-refractivity contribution in [2.24, 2.45) is 4.99 Å². The molecule has 8 heteroatoms. The van der Waals surface area contributed by atoms with Gasteiger partial charge in [-0.2, -0.15) is 0 Å². The van der Waals surface area contributed by atoms with Gasteiger partial charge in [0.25, 0.3) is 0 Å². The number of thiophene rings is 1. The molecule has 0 aliphatic carbocycles. The summed E-state index contributed by atoms with van der Waals surface area (Å²) in [6.45, 7) is 0.407. The summed E-state index contributed by atoms with van der Waals surface area (Å²) in [4.78, 5) is 31.7. The first-order valence-electron chi connectivity index (χ1n) is 7.62. The SMILES string of the molecule is CNC(=O)[C@@H]1CC(=O)N(Cc2cccs2)C(=Nc2ccc(F)cc2)S1. The van der Waals surface area contributed by atoms with E-state index in [1.165, 1.54) is 23.9 Å². The number of nitrogens with one attached hydrogen (secondary N) is 1. The zero-order valence-electron chi connectivity index (χ0n) is 13.4. The fraction of sp³-hybridized carbons (Fsp3) is 0.235. The third kappa shape index (κ3) is 4.26. The minimum absolute atomic E-state index is 0.123. The van der Waals surface area contributed by atoms with E-state index in [0.717, 1.165) is 4.88 Å². The number of rotatable bonds is 4. The highest BCUT2D eigenvalue weighted by Crippen LogP contribution is 2.30. The average molecular weight is 377 g/mol. The van der Waals surface area contributed by atoms with E-state index in [0.29, 0.717) is 17.4 Å². The Morgan fingerprint density at radius 1 is 1.36 bits per heavy atom. The summed E-state index contributed by atoms with van der Waals surface area (Å²) in [5.41, 5.74) is 0.533. The largest absolute Gasteiger partial charge is 0.358 e. The van der Waals surface area contributed by atoms with Crippen molar-refractivity contribution in [3.05, 3.63) is 52.5 Å². The van der Waals surface area contributed by atoms with Gasteiger partial charge in [-0.15, -0.1) is 11.3 Å². The Morgan fingerprint density at radius 2 is 2.12 bits per heavy atom. The predicted molar refractivity (Wildman–Crippen MR) is 98.4 cm³/mol. The molecule has 2 heterocycles. The molecule has 2 amide bonds. The number of carbonyl (C=O) groups is 2. The van der Waals surface area contributed by atoms with Gasteiger partial charge in [0.1, 0.15) is 5.82 Å². The van der Waals surface area contributed by atoms with Crippen LogP contribution in [0.25, 0.3) is 0 Å². The van der Waals surface area contributed by atoms with Gasteiger partial charge in [0.05, 0.1) is 17.5 Å². The van der Waals surface area contributed by atoms with E-state index in [4.69, 9.17) is 0 Å². The standard InChI is InChI=1S/C17H16FN3O2S2/c1-19-16(23)14-9-15(22)21(10-13-3-2-8-24-13)17(25-14)20-12-6-4-11(18)5-7-12/h2-8,14H,9-10H2,1H3,(H,19,23)/t14-/m0/s1. The zero-order chi connectivity index (χ0) is 17.8. The Bertz CT molecular complexity index is 791. The molecular weight excluding hydrogens is 361 g/mol. The van der Waals surface area contributed by atoms with Gasteiger partial charge >= 0.3 is 0 Å². The number of benzene rings is 1. The molecule has 1 fully saturated rings. The Balaban J connectivity index is 1.91. The van der Waals surface area contributed by atoms with E-state index in [-0.39, 0.29) is 24.1 Å². The first-order chi connectivity index (χ1) is 12.1. The minimum Gasteiger partial charge on any atom is -0.358 e. The number of amides is 2. The second kappa shape index (κ2) is 7.79. The molecule has 0 unspecified atom stereocenters. The number of aliphatic imine (C=N–C) groups is 1. The number of hydrogen-bond donors (Lipinski definition) is 1. The van der Waals surface area contributed by atoms with Crippen LogP contribution in [0.15, 0.2) is 46.8 Å². The molecule has 0 spiro atoms. The maximum absolute atomic E-state index is 13.1. The molecule has 25 heavy (non-hydrogen) atoms. The quantitative estimate of drug-likeness (QED) is 0.890. The van der Waals surface area contributed by atoms with Crippen molar-refractivity contribution < 1.29 is 14.0 Å². The van der Waals surface area contributed by atoms with E-state index in [2.05, 4.69) is 10.3 Å². The van der Waals surface area contributed by atoms with Crippen molar-refractivity contribution in [2.45, 2.75) is 18.2 Å². The molecule has 1 aliphatic rings. The lowest BCUT2D eigenvalue weighted by Gasteiger charge is -2.31. The zero-order valence-corrected chi connectivity index (χ0v) is 15.1. The number of nitrogens with zero attached hydrogens (tertiary/aromatic N) is 2. The van der Waals surface area contributed by atoms with Gasteiger partial charge in [-0.1, -0.05) is 17.8 Å². The number of thioether (sulfide) groups is 1. The highest BCUT2D eigenvalue weighted by atomic mass is 32.2. The topological polar surface area (TPSA) is 61.8 Å². The Hall–Kier alpha value is -2.19. The fourth-order valence-electron chi connectivity index (χ4n) is 2.34. The highest BCUT2D eigenvalue weighted by Gasteiger charge is 2.35. The summed E-state index contributed by atoms with van der Waals surface area (Å²) < 4.78 is 13.1. The molecule has 0 saturated carbocycles. The first kappa shape index (κ1) is 17.6. The Morgan fingerprint density at radius 3 is 2.76 bits per heavy atom. The summed E-state index contributed by atoms with van der Waals surface area (Å²) in [6, 6.07) is 9.58. The number of halogens is 1. The van der Waals surface area contributed by atoms with Gasteiger partial charge in [-0.3, -0.25) is 14.5 Å². The summed E-state index contributed by atoms with van der Waals surface area (Å²) in [5, 5.41) is 4.45. The van der Waals surface area contributed by atoms with Crippen molar-refractivity contribution >= 4 is 45.8 Å². The van der Waals surface area contributed by atoms with E-state index in [9.17, 15) is 14.0 Å². The number of hydrogen-bond acceptors (Lipinski definition) is 5. The van der Waals surface area contributed by atoms with Crippen LogP contribution in [0.5, 0.6) is 0 Å². The van der Waals surface area contributed by atoms with Crippen LogP contribution in [0.3, 0.4) is 0 Å². The Labute approximate surface area is 152 Å².